The lowest BCUT2D eigenvalue weighted by atomic mass is 10.0. The molecule has 0 aromatic heterocycles. The summed E-state index contributed by atoms with van der Waals surface area (Å²) >= 11 is 6.00. The number of carboxylic acids is 1. The number of carbonyl (C=O) groups excluding carboxylic acids is 1. The molecule has 2 aromatic carbocycles. The topological polar surface area (TPSA) is 92.7 Å². The van der Waals surface area contributed by atoms with E-state index in [1.54, 1.807) is 12.1 Å². The molecule has 4 rings (SSSR count). The minimum absolute atomic E-state index is 0.00844. The van der Waals surface area contributed by atoms with Gasteiger partial charge >= 0.3 is 18.0 Å². The molecule has 2 aromatic rings. The largest absolute Gasteiger partial charge is 0.542 e. The zero-order chi connectivity index (χ0) is 26.1. The number of fused-ring (bicyclic) bond motifs is 3. The normalized spacial score (nSPS) is 15.5. The zero-order valence-corrected chi connectivity index (χ0v) is 18.4. The molecule has 0 saturated carbocycles. The van der Waals surface area contributed by atoms with Gasteiger partial charge in [-0.15, -0.1) is 0 Å². The molecular formula is C21H17ClF6N4O3. The van der Waals surface area contributed by atoms with Crippen molar-refractivity contribution in [3.63, 3.8) is 0 Å². The van der Waals surface area contributed by atoms with Crippen molar-refractivity contribution in [1.82, 2.24) is 9.91 Å². The van der Waals surface area contributed by atoms with E-state index in [1.807, 2.05) is 12.1 Å². The van der Waals surface area contributed by atoms with Crippen molar-refractivity contribution >= 4 is 34.7 Å². The Morgan fingerprint density at radius 2 is 1.63 bits per heavy atom. The first kappa shape index (κ1) is 26.3. The fraction of sp³-hybridized carbons (Fsp3) is 0.286. The summed E-state index contributed by atoms with van der Waals surface area (Å²) in [5, 5.41) is 10.8. The van der Waals surface area contributed by atoms with Gasteiger partial charge in [-0.3, -0.25) is 0 Å². The molecule has 188 valence electrons. The van der Waals surface area contributed by atoms with Crippen molar-refractivity contribution in [3.8, 4) is 0 Å². The fourth-order valence-electron chi connectivity index (χ4n) is 3.66. The minimum Gasteiger partial charge on any atom is -0.542 e. The maximum Gasteiger partial charge on any atom is 0.430 e. The van der Waals surface area contributed by atoms with E-state index in [2.05, 4.69) is 4.90 Å². The van der Waals surface area contributed by atoms with Crippen molar-refractivity contribution in [2.45, 2.75) is 12.4 Å². The average Bonchev–Trinajstić information content (AvgIpc) is 3.05. The van der Waals surface area contributed by atoms with Gasteiger partial charge in [0.2, 0.25) is 0 Å². The molecule has 14 heteroatoms. The van der Waals surface area contributed by atoms with E-state index in [1.165, 1.54) is 11.1 Å². The molecule has 0 aliphatic carbocycles. The van der Waals surface area contributed by atoms with Crippen LogP contribution in [0.25, 0.3) is 11.4 Å². The number of carboxylic acid groups (broad SMARTS) is 1. The van der Waals surface area contributed by atoms with Crippen molar-refractivity contribution in [2.24, 2.45) is 5.73 Å². The summed E-state index contributed by atoms with van der Waals surface area (Å²) in [5.74, 6) is -3.01. The Kier molecular flexibility index (Phi) is 7.31. The molecule has 2 heterocycles. The van der Waals surface area contributed by atoms with Gasteiger partial charge in [-0.2, -0.15) is 26.3 Å². The second-order valence-corrected chi connectivity index (χ2v) is 7.83. The van der Waals surface area contributed by atoms with E-state index < -0.39 is 23.9 Å². The highest BCUT2D eigenvalue weighted by Gasteiger charge is 2.47. The molecule has 2 N–H and O–H groups in total. The van der Waals surface area contributed by atoms with Gasteiger partial charge in [0.15, 0.2) is 4.87 Å². The monoisotopic (exact) mass is 522 g/mol. The van der Waals surface area contributed by atoms with Crippen molar-refractivity contribution < 1.29 is 41.1 Å². The second-order valence-electron chi connectivity index (χ2n) is 7.39. The summed E-state index contributed by atoms with van der Waals surface area (Å²) in [6.07, 6.45) is -9.71. The molecule has 0 bridgehead atoms. The number of benzene rings is 2. The van der Waals surface area contributed by atoms with Crippen molar-refractivity contribution in [1.29, 1.82) is 0 Å². The number of nitrogens with zero attached hydrogens (tertiary/aromatic N) is 3. The first-order chi connectivity index (χ1) is 16.3. The van der Waals surface area contributed by atoms with Gasteiger partial charge in [-0.1, -0.05) is 28.7 Å². The van der Waals surface area contributed by atoms with Crippen LogP contribution < -0.4 is 10.8 Å². The molecule has 0 spiro atoms. The summed E-state index contributed by atoms with van der Waals surface area (Å²) in [6.45, 7) is 1.85. The average molecular weight is 523 g/mol. The van der Waals surface area contributed by atoms with Crippen molar-refractivity contribution in [2.75, 3.05) is 26.2 Å². The highest BCUT2D eigenvalue weighted by molar-refractivity contribution is 6.30. The summed E-state index contributed by atoms with van der Waals surface area (Å²) < 4.78 is 70.9. The van der Waals surface area contributed by atoms with E-state index in [4.69, 9.17) is 27.2 Å². The SMILES string of the molecule is NCCN1CCN2C(=C1c1ccc(Cl)cc1)c1ccc(C(F)(F)F)cc1[N+]2=O.O=C([O-])C(F)(F)F. The predicted octanol–water partition coefficient (Wildman–Crippen LogP) is 3.40. The van der Waals surface area contributed by atoms with Crippen LogP contribution in [0.2, 0.25) is 5.02 Å². The summed E-state index contributed by atoms with van der Waals surface area (Å²) in [6, 6.07) is 10.4. The molecular weight excluding hydrogens is 506 g/mol. The van der Waals surface area contributed by atoms with Crippen LogP contribution in [0.5, 0.6) is 0 Å². The molecule has 2 aliphatic heterocycles. The van der Waals surface area contributed by atoms with Gasteiger partial charge in [-0.25, -0.2) is 0 Å². The van der Waals surface area contributed by atoms with E-state index in [-0.39, 0.29) is 5.69 Å². The number of nitroso groups, excluding NO2 is 1. The lowest BCUT2D eigenvalue weighted by molar-refractivity contribution is -0.612. The third kappa shape index (κ3) is 5.51. The van der Waals surface area contributed by atoms with E-state index >= 15 is 0 Å². The molecule has 35 heavy (non-hydrogen) atoms. The van der Waals surface area contributed by atoms with Crippen LogP contribution in [0, 0.1) is 4.91 Å². The maximum absolute atomic E-state index is 13.1. The van der Waals surface area contributed by atoms with Crippen molar-refractivity contribution in [3.05, 3.63) is 69.1 Å². The van der Waals surface area contributed by atoms with Gasteiger partial charge in [0.1, 0.15) is 18.2 Å². The van der Waals surface area contributed by atoms with Gasteiger partial charge in [0.05, 0.1) is 21.7 Å². The van der Waals surface area contributed by atoms with E-state index in [0.29, 0.717) is 47.3 Å². The van der Waals surface area contributed by atoms with E-state index in [9.17, 15) is 31.2 Å². The number of hydrazine groups is 1. The smallest absolute Gasteiger partial charge is 0.430 e. The lowest BCUT2D eigenvalue weighted by Crippen LogP contribution is -2.42. The molecule has 0 fully saturated rings. The van der Waals surface area contributed by atoms with Crippen LogP contribution in [-0.4, -0.2) is 53.1 Å². The highest BCUT2D eigenvalue weighted by Crippen LogP contribution is 2.46. The highest BCUT2D eigenvalue weighted by atomic mass is 35.5. The predicted molar refractivity (Wildman–Crippen MR) is 111 cm³/mol. The zero-order valence-electron chi connectivity index (χ0n) is 17.7. The Labute approximate surface area is 199 Å². The number of halogens is 7. The number of nitrogens with two attached hydrogens (primary N) is 1. The van der Waals surface area contributed by atoms with Crippen LogP contribution in [0.1, 0.15) is 16.7 Å². The van der Waals surface area contributed by atoms with E-state index in [0.717, 1.165) is 23.4 Å². The molecule has 0 unspecified atom stereocenters. The van der Waals surface area contributed by atoms with Crippen LogP contribution in [0.15, 0.2) is 42.5 Å². The Bertz CT molecular complexity index is 1170. The number of alkyl halides is 6. The number of hydrogen-bond acceptors (Lipinski definition) is 5. The summed E-state index contributed by atoms with van der Waals surface area (Å²) in [4.78, 5) is 24.2. The van der Waals surface area contributed by atoms with Gasteiger partial charge in [0, 0.05) is 36.3 Å². The molecule has 2 aliphatic rings. The molecule has 7 nitrogen and oxygen atoms in total. The number of hydrogen-bond donors (Lipinski definition) is 1. The molecule has 0 saturated heterocycles. The van der Waals surface area contributed by atoms with Gasteiger partial charge in [0.25, 0.3) is 0 Å². The lowest BCUT2D eigenvalue weighted by Gasteiger charge is -2.33. The molecule has 0 amide bonds. The third-order valence-corrected chi connectivity index (χ3v) is 5.39. The van der Waals surface area contributed by atoms with Gasteiger partial charge < -0.3 is 20.5 Å². The third-order valence-electron chi connectivity index (χ3n) is 5.13. The summed E-state index contributed by atoms with van der Waals surface area (Å²) in [5.41, 5.74) is 7.52. The quantitative estimate of drug-likeness (QED) is 0.491. The number of carbonyl (C=O) groups is 1. The Hall–Kier alpha value is -3.32. The fourth-order valence-corrected chi connectivity index (χ4v) is 3.79. The Morgan fingerprint density at radius 3 is 2.14 bits per heavy atom. The molecule has 0 radical (unpaired) electrons. The minimum atomic E-state index is -5.19. The molecule has 0 atom stereocenters. The first-order valence-electron chi connectivity index (χ1n) is 9.95. The maximum atomic E-state index is 13.1. The number of aliphatic carboxylic acids is 1. The second kappa shape index (κ2) is 9.74. The van der Waals surface area contributed by atoms with Crippen LogP contribution in [0.3, 0.4) is 0 Å². The standard InChI is InChI=1S/C19H17ClF3N4O.C2HF3O2/c20-14-4-1-12(2-5-14)17-18-15-6-3-13(19(21,22)23)11-16(15)27(28)26(18)10-9-25(17)8-7-24;3-2(4,5)1(6)7/h1-6,11H,7-10,24H2;(H,6,7)/q+1;/p-1. The van der Waals surface area contributed by atoms with Crippen LogP contribution >= 0.6 is 11.6 Å². The van der Waals surface area contributed by atoms with Crippen LogP contribution in [-0.2, 0) is 11.0 Å². The van der Waals surface area contributed by atoms with Gasteiger partial charge in [-0.05, 0) is 24.3 Å². The number of rotatable bonds is 3. The Morgan fingerprint density at radius 1 is 1.03 bits per heavy atom. The summed E-state index contributed by atoms with van der Waals surface area (Å²) in [7, 11) is 0. The van der Waals surface area contributed by atoms with Crippen LogP contribution in [0.4, 0.5) is 32.0 Å². The first-order valence-corrected chi connectivity index (χ1v) is 10.3. The Balaban J connectivity index is 0.000000429.